The van der Waals surface area contributed by atoms with Gasteiger partial charge in [-0.1, -0.05) is 6.92 Å². The van der Waals surface area contributed by atoms with Crippen molar-refractivity contribution in [1.29, 1.82) is 0 Å². The molecule has 0 aromatic carbocycles. The van der Waals surface area contributed by atoms with Crippen LogP contribution in [0.2, 0.25) is 0 Å². The second-order valence-corrected chi connectivity index (χ2v) is 5.71. The van der Waals surface area contributed by atoms with Gasteiger partial charge in [0.05, 0.1) is 12.3 Å². The smallest absolute Gasteiger partial charge is 0.103 e. The van der Waals surface area contributed by atoms with E-state index in [-0.39, 0.29) is 0 Å². The Kier molecular flexibility index (Phi) is 6.72. The lowest BCUT2D eigenvalue weighted by atomic mass is 10.4. The lowest BCUT2D eigenvalue weighted by Crippen LogP contribution is -1.91. The minimum absolute atomic E-state index is 0.602. The van der Waals surface area contributed by atoms with Gasteiger partial charge < -0.3 is 4.74 Å². The molecular formula is C10H17NOS3. The number of thioether (sulfide) groups is 1. The van der Waals surface area contributed by atoms with Gasteiger partial charge in [-0.15, -0.1) is 11.3 Å². The SMILES string of the molecule is CCCSCc1nc(COC)c(CS)s1. The molecule has 0 unspecified atom stereocenters. The van der Waals surface area contributed by atoms with Gasteiger partial charge in [0.2, 0.25) is 0 Å². The predicted octanol–water partition coefficient (Wildman–Crippen LogP) is 3.36. The Labute approximate surface area is 105 Å². The predicted molar refractivity (Wildman–Crippen MR) is 72.0 cm³/mol. The third-order valence-electron chi connectivity index (χ3n) is 1.82. The average molecular weight is 263 g/mol. The van der Waals surface area contributed by atoms with Crippen LogP contribution in [-0.2, 0) is 22.8 Å². The summed E-state index contributed by atoms with van der Waals surface area (Å²) in [5, 5.41) is 1.20. The monoisotopic (exact) mass is 263 g/mol. The van der Waals surface area contributed by atoms with Crippen LogP contribution in [0, 0.1) is 0 Å². The molecule has 0 N–H and O–H groups in total. The van der Waals surface area contributed by atoms with Crippen LogP contribution in [0.4, 0.5) is 0 Å². The van der Waals surface area contributed by atoms with Gasteiger partial charge in [0.25, 0.3) is 0 Å². The topological polar surface area (TPSA) is 22.1 Å². The highest BCUT2D eigenvalue weighted by molar-refractivity contribution is 7.98. The highest BCUT2D eigenvalue weighted by Gasteiger charge is 2.09. The van der Waals surface area contributed by atoms with Crippen molar-refractivity contribution in [2.45, 2.75) is 31.5 Å². The summed E-state index contributed by atoms with van der Waals surface area (Å²) in [6.07, 6.45) is 1.22. The molecular weight excluding hydrogens is 246 g/mol. The standard InChI is InChI=1S/C10H17NOS3/c1-3-4-14-7-10-11-8(5-12-2)9(6-13)15-10/h13H,3-7H2,1-2H3. The van der Waals surface area contributed by atoms with Crippen LogP contribution in [0.3, 0.4) is 0 Å². The van der Waals surface area contributed by atoms with Crippen LogP contribution in [0.1, 0.15) is 28.9 Å². The summed E-state index contributed by atoms with van der Waals surface area (Å²) in [5.74, 6) is 2.98. The van der Waals surface area contributed by atoms with Gasteiger partial charge in [0.15, 0.2) is 0 Å². The zero-order valence-corrected chi connectivity index (χ0v) is 11.7. The highest BCUT2D eigenvalue weighted by atomic mass is 32.2. The Hall–Kier alpha value is 0.290. The molecule has 1 aromatic heterocycles. The van der Waals surface area contributed by atoms with Gasteiger partial charge in [-0.05, 0) is 12.2 Å². The van der Waals surface area contributed by atoms with Crippen molar-refractivity contribution in [3.63, 3.8) is 0 Å². The number of nitrogens with zero attached hydrogens (tertiary/aromatic N) is 1. The number of hydrogen-bond acceptors (Lipinski definition) is 5. The third kappa shape index (κ3) is 4.34. The Morgan fingerprint density at radius 2 is 2.33 bits per heavy atom. The first kappa shape index (κ1) is 13.4. The summed E-state index contributed by atoms with van der Waals surface area (Å²) in [5.41, 5.74) is 1.06. The van der Waals surface area contributed by atoms with Crippen molar-refractivity contribution < 1.29 is 4.74 Å². The van der Waals surface area contributed by atoms with Crippen LogP contribution >= 0.6 is 35.7 Å². The normalized spacial score (nSPS) is 10.9. The number of thiol groups is 1. The number of aromatic nitrogens is 1. The number of hydrogen-bond donors (Lipinski definition) is 1. The molecule has 1 rings (SSSR count). The molecule has 15 heavy (non-hydrogen) atoms. The van der Waals surface area contributed by atoms with E-state index in [1.165, 1.54) is 22.1 Å². The number of ether oxygens (including phenoxy) is 1. The fraction of sp³-hybridized carbons (Fsp3) is 0.700. The van der Waals surface area contributed by atoms with Gasteiger partial charge in [-0.3, -0.25) is 0 Å². The van der Waals surface area contributed by atoms with Crippen molar-refractivity contribution in [2.24, 2.45) is 0 Å². The molecule has 1 heterocycles. The van der Waals surface area contributed by atoms with Gasteiger partial charge in [-0.25, -0.2) is 4.98 Å². The molecule has 1 aromatic rings. The largest absolute Gasteiger partial charge is 0.378 e. The van der Waals surface area contributed by atoms with Crippen LogP contribution in [0.25, 0.3) is 0 Å². The summed E-state index contributed by atoms with van der Waals surface area (Å²) < 4.78 is 5.11. The maximum absolute atomic E-state index is 5.11. The van der Waals surface area contributed by atoms with Crippen molar-refractivity contribution in [2.75, 3.05) is 12.9 Å². The lowest BCUT2D eigenvalue weighted by molar-refractivity contribution is 0.181. The average Bonchev–Trinajstić information content (AvgIpc) is 2.62. The molecule has 0 radical (unpaired) electrons. The minimum Gasteiger partial charge on any atom is -0.378 e. The van der Waals surface area contributed by atoms with E-state index in [0.717, 1.165) is 17.2 Å². The van der Waals surface area contributed by atoms with Crippen LogP contribution in [0.5, 0.6) is 0 Å². The Balaban J connectivity index is 2.57. The first-order valence-electron chi connectivity index (χ1n) is 4.96. The zero-order chi connectivity index (χ0) is 11.1. The number of methoxy groups -OCH3 is 1. The van der Waals surface area contributed by atoms with Crippen LogP contribution in [0.15, 0.2) is 0 Å². The van der Waals surface area contributed by atoms with E-state index in [2.05, 4.69) is 24.5 Å². The van der Waals surface area contributed by atoms with Gasteiger partial charge in [-0.2, -0.15) is 24.4 Å². The van der Waals surface area contributed by atoms with Crippen LogP contribution < -0.4 is 0 Å². The molecule has 0 saturated heterocycles. The molecule has 0 bridgehead atoms. The van der Waals surface area contributed by atoms with E-state index >= 15 is 0 Å². The Morgan fingerprint density at radius 1 is 1.53 bits per heavy atom. The van der Waals surface area contributed by atoms with Crippen molar-refractivity contribution in [3.05, 3.63) is 15.6 Å². The van der Waals surface area contributed by atoms with Gasteiger partial charge in [0, 0.05) is 23.5 Å². The van der Waals surface area contributed by atoms with E-state index < -0.39 is 0 Å². The molecule has 86 valence electrons. The molecule has 0 aliphatic heterocycles. The molecule has 0 aliphatic rings. The first-order valence-corrected chi connectivity index (χ1v) is 7.57. The summed E-state index contributed by atoms with van der Waals surface area (Å²) in [6.45, 7) is 2.80. The first-order chi connectivity index (χ1) is 7.31. The maximum atomic E-state index is 5.11. The summed E-state index contributed by atoms with van der Waals surface area (Å²) in [4.78, 5) is 5.81. The molecule has 2 nitrogen and oxygen atoms in total. The van der Waals surface area contributed by atoms with Crippen molar-refractivity contribution in [3.8, 4) is 0 Å². The zero-order valence-electron chi connectivity index (χ0n) is 9.15. The maximum Gasteiger partial charge on any atom is 0.103 e. The summed E-state index contributed by atoms with van der Waals surface area (Å²) in [7, 11) is 1.70. The molecule has 0 fully saturated rings. The Bertz CT molecular complexity index is 288. The minimum atomic E-state index is 0.602. The molecule has 0 amide bonds. The molecule has 0 atom stereocenters. The molecule has 0 aliphatic carbocycles. The van der Waals surface area contributed by atoms with E-state index in [4.69, 9.17) is 4.74 Å². The number of rotatable bonds is 7. The number of thiazole rings is 1. The summed E-state index contributed by atoms with van der Waals surface area (Å²) >= 11 is 8.00. The van der Waals surface area contributed by atoms with Crippen LogP contribution in [-0.4, -0.2) is 17.8 Å². The molecule has 0 spiro atoms. The van der Waals surface area contributed by atoms with E-state index in [0.29, 0.717) is 6.61 Å². The quantitative estimate of drug-likeness (QED) is 0.602. The van der Waals surface area contributed by atoms with Gasteiger partial charge >= 0.3 is 0 Å². The fourth-order valence-corrected chi connectivity index (χ4v) is 3.44. The molecule has 0 saturated carbocycles. The Morgan fingerprint density at radius 3 is 2.93 bits per heavy atom. The second-order valence-electron chi connectivity index (χ2n) is 3.12. The van der Waals surface area contributed by atoms with E-state index in [1.54, 1.807) is 18.4 Å². The summed E-state index contributed by atoms with van der Waals surface area (Å²) in [6, 6.07) is 0. The lowest BCUT2D eigenvalue weighted by Gasteiger charge is -1.95. The van der Waals surface area contributed by atoms with E-state index in [1.807, 2.05) is 11.8 Å². The highest BCUT2D eigenvalue weighted by Crippen LogP contribution is 2.24. The third-order valence-corrected chi connectivity index (χ3v) is 4.81. The van der Waals surface area contributed by atoms with Gasteiger partial charge in [0.1, 0.15) is 5.01 Å². The fourth-order valence-electron chi connectivity index (χ4n) is 1.18. The van der Waals surface area contributed by atoms with E-state index in [9.17, 15) is 0 Å². The second kappa shape index (κ2) is 7.54. The van der Waals surface area contributed by atoms with Crippen molar-refractivity contribution >= 4 is 35.7 Å². The molecule has 5 heteroatoms. The van der Waals surface area contributed by atoms with Crippen molar-refractivity contribution in [1.82, 2.24) is 4.98 Å².